The van der Waals surface area contributed by atoms with Gasteiger partial charge in [-0.1, -0.05) is 13.0 Å². The number of aryl methyl sites for hydroxylation is 1. The molecule has 30 heavy (non-hydrogen) atoms. The number of hydrogen-bond donors (Lipinski definition) is 3. The summed E-state index contributed by atoms with van der Waals surface area (Å²) in [5.41, 5.74) is 2.84. The number of nitrogens with one attached hydrogen (secondary N) is 1. The number of aromatic hydroxyl groups is 1. The molecule has 0 radical (unpaired) electrons. The summed E-state index contributed by atoms with van der Waals surface area (Å²) in [6.07, 6.45) is 2.69. The maximum atomic E-state index is 12.3. The summed E-state index contributed by atoms with van der Waals surface area (Å²) < 4.78 is 0. The number of likely N-dealkylation sites (N-methyl/N-ethyl adjacent to an activating group) is 1. The molecule has 0 spiro atoms. The lowest BCUT2D eigenvalue weighted by Gasteiger charge is -2.23. The normalized spacial score (nSPS) is 20.3. The molecule has 4 rings (SSSR count). The third kappa shape index (κ3) is 3.68. The Labute approximate surface area is 181 Å². The van der Waals surface area contributed by atoms with Gasteiger partial charge in [0, 0.05) is 35.9 Å². The van der Waals surface area contributed by atoms with E-state index >= 15 is 0 Å². The van der Waals surface area contributed by atoms with Crippen LogP contribution in [-0.4, -0.2) is 59.3 Å². The summed E-state index contributed by atoms with van der Waals surface area (Å²) in [5.74, 6) is -1.89. The van der Waals surface area contributed by atoms with E-state index in [1.54, 1.807) is 0 Å². The molecule has 2 atom stereocenters. The van der Waals surface area contributed by atoms with Crippen molar-refractivity contribution < 1.29 is 15.0 Å². The predicted octanol–water partition coefficient (Wildman–Crippen LogP) is 3.06. The first-order chi connectivity index (χ1) is 13.8. The quantitative estimate of drug-likeness (QED) is 0.688. The number of rotatable bonds is 3. The highest BCUT2D eigenvalue weighted by atomic mass is 35.5. The average Bonchev–Trinajstić information content (AvgIpc) is 3.11. The molecule has 8 heteroatoms. The fraction of sp³-hybridized carbons (Fsp3) is 0.455. The van der Waals surface area contributed by atoms with Crippen LogP contribution < -0.4 is 10.5 Å². The number of aromatic nitrogens is 1. The number of carbonyl (C=O) groups is 1. The largest absolute Gasteiger partial charge is 0.506 e. The minimum absolute atomic E-state index is 0. The van der Waals surface area contributed by atoms with Crippen molar-refractivity contribution >= 4 is 24.1 Å². The first-order valence-electron chi connectivity index (χ1n) is 10.0. The molecule has 2 heterocycles. The Hall–Kier alpha value is -2.51. The number of halogens is 1. The van der Waals surface area contributed by atoms with Gasteiger partial charge in [-0.05, 0) is 57.0 Å². The SMILES string of the molecule is CC1CCc2cc(N3CCC(N(C)C)C3)ccc2-c2[nH]c(=O)c(C(=O)O)c(O)c21.Cl. The second-order valence-electron chi connectivity index (χ2n) is 8.40. The summed E-state index contributed by atoms with van der Waals surface area (Å²) in [6, 6.07) is 6.75. The molecular weight excluding hydrogens is 406 g/mol. The number of H-pyrrole nitrogens is 1. The number of carboxylic acid groups (broad SMARTS) is 1. The molecule has 2 unspecified atom stereocenters. The van der Waals surface area contributed by atoms with E-state index in [9.17, 15) is 19.8 Å². The van der Waals surface area contributed by atoms with E-state index in [4.69, 9.17) is 0 Å². The Morgan fingerprint density at radius 2 is 2.00 bits per heavy atom. The third-order valence-electron chi connectivity index (χ3n) is 6.40. The Morgan fingerprint density at radius 3 is 2.63 bits per heavy atom. The molecule has 0 saturated carbocycles. The van der Waals surface area contributed by atoms with E-state index < -0.39 is 22.8 Å². The summed E-state index contributed by atoms with van der Waals surface area (Å²) >= 11 is 0. The molecule has 1 aromatic carbocycles. The number of pyridine rings is 1. The fourth-order valence-electron chi connectivity index (χ4n) is 4.64. The average molecular weight is 434 g/mol. The highest BCUT2D eigenvalue weighted by Gasteiger charge is 2.30. The minimum atomic E-state index is -1.41. The first-order valence-corrected chi connectivity index (χ1v) is 10.0. The van der Waals surface area contributed by atoms with E-state index in [1.165, 1.54) is 0 Å². The van der Waals surface area contributed by atoms with E-state index in [0.717, 1.165) is 49.2 Å². The Morgan fingerprint density at radius 1 is 1.27 bits per heavy atom. The number of aromatic amines is 1. The lowest BCUT2D eigenvalue weighted by atomic mass is 9.93. The van der Waals surface area contributed by atoms with Gasteiger partial charge in [-0.2, -0.15) is 0 Å². The van der Waals surface area contributed by atoms with Gasteiger partial charge in [0.05, 0.1) is 5.69 Å². The van der Waals surface area contributed by atoms with Crippen LogP contribution in [0.3, 0.4) is 0 Å². The Kier molecular flexibility index (Phi) is 6.15. The minimum Gasteiger partial charge on any atom is -0.506 e. The summed E-state index contributed by atoms with van der Waals surface area (Å²) in [5, 5.41) is 19.9. The lowest BCUT2D eigenvalue weighted by Crippen LogP contribution is -2.31. The van der Waals surface area contributed by atoms with Crippen LogP contribution in [-0.2, 0) is 6.42 Å². The summed E-state index contributed by atoms with van der Waals surface area (Å²) in [7, 11) is 4.22. The number of anilines is 1. The Bertz CT molecular complexity index is 1030. The summed E-state index contributed by atoms with van der Waals surface area (Å²) in [6.45, 7) is 3.95. The second-order valence-corrected chi connectivity index (χ2v) is 8.40. The summed E-state index contributed by atoms with van der Waals surface area (Å²) in [4.78, 5) is 31.2. The molecule has 162 valence electrons. The van der Waals surface area contributed by atoms with Gasteiger partial charge in [-0.15, -0.1) is 12.4 Å². The van der Waals surface area contributed by atoms with Crippen LogP contribution in [0.5, 0.6) is 5.75 Å². The molecule has 3 N–H and O–H groups in total. The van der Waals surface area contributed by atoms with Crippen molar-refractivity contribution in [2.75, 3.05) is 32.1 Å². The molecule has 7 nitrogen and oxygen atoms in total. The van der Waals surface area contributed by atoms with Crippen molar-refractivity contribution in [2.24, 2.45) is 0 Å². The van der Waals surface area contributed by atoms with Crippen LogP contribution >= 0.6 is 12.4 Å². The number of aromatic carboxylic acids is 1. The molecule has 0 bridgehead atoms. The van der Waals surface area contributed by atoms with Crippen LogP contribution in [0.15, 0.2) is 23.0 Å². The van der Waals surface area contributed by atoms with E-state index in [-0.39, 0.29) is 18.3 Å². The zero-order valence-corrected chi connectivity index (χ0v) is 18.3. The van der Waals surface area contributed by atoms with Crippen LogP contribution in [0, 0.1) is 0 Å². The molecule has 1 aromatic heterocycles. The highest BCUT2D eigenvalue weighted by Crippen LogP contribution is 2.42. The van der Waals surface area contributed by atoms with Gasteiger partial charge in [0.15, 0.2) is 5.56 Å². The van der Waals surface area contributed by atoms with Gasteiger partial charge in [-0.3, -0.25) is 4.79 Å². The van der Waals surface area contributed by atoms with Gasteiger partial charge in [0.25, 0.3) is 5.56 Å². The van der Waals surface area contributed by atoms with Crippen LogP contribution in [0.4, 0.5) is 5.69 Å². The fourth-order valence-corrected chi connectivity index (χ4v) is 4.64. The van der Waals surface area contributed by atoms with E-state index in [2.05, 4.69) is 41.0 Å². The molecule has 1 fully saturated rings. The maximum Gasteiger partial charge on any atom is 0.345 e. The maximum absolute atomic E-state index is 12.3. The zero-order valence-electron chi connectivity index (χ0n) is 17.4. The zero-order chi connectivity index (χ0) is 20.9. The molecular formula is C22H28ClN3O4. The molecule has 0 amide bonds. The van der Waals surface area contributed by atoms with Gasteiger partial charge >= 0.3 is 5.97 Å². The number of carboxylic acids is 1. The standard InChI is InChI=1S/C22H27N3O4.ClH/c1-12-4-5-13-10-14(25-9-8-15(11-25)24(2)3)6-7-16(13)19-17(12)20(26)18(22(28)29)21(27)23-19;/h6-7,10,12,15H,4-5,8-9,11H2,1-3H3,(H,28,29)(H2,23,26,27);1H. The van der Waals surface area contributed by atoms with Crippen molar-refractivity contribution in [1.82, 2.24) is 9.88 Å². The van der Waals surface area contributed by atoms with Crippen LogP contribution in [0.1, 0.15) is 47.2 Å². The monoisotopic (exact) mass is 433 g/mol. The van der Waals surface area contributed by atoms with Crippen molar-refractivity contribution in [3.05, 3.63) is 45.2 Å². The number of fused-ring (bicyclic) bond motifs is 3. The molecule has 1 aliphatic heterocycles. The highest BCUT2D eigenvalue weighted by molar-refractivity contribution is 5.92. The molecule has 2 aromatic rings. The van der Waals surface area contributed by atoms with Crippen molar-refractivity contribution in [1.29, 1.82) is 0 Å². The number of benzene rings is 1. The third-order valence-corrected chi connectivity index (χ3v) is 6.40. The number of hydrogen-bond acceptors (Lipinski definition) is 5. The second kappa shape index (κ2) is 8.32. The van der Waals surface area contributed by atoms with Crippen molar-refractivity contribution in [3.63, 3.8) is 0 Å². The number of nitrogens with zero attached hydrogens (tertiary/aromatic N) is 2. The topological polar surface area (TPSA) is 96.9 Å². The van der Waals surface area contributed by atoms with E-state index in [0.29, 0.717) is 17.3 Å². The Balaban J connectivity index is 0.00000256. The predicted molar refractivity (Wildman–Crippen MR) is 119 cm³/mol. The van der Waals surface area contributed by atoms with Gasteiger partial charge < -0.3 is 25.0 Å². The molecule has 1 saturated heterocycles. The smallest absolute Gasteiger partial charge is 0.345 e. The molecule has 2 aliphatic rings. The van der Waals surface area contributed by atoms with Gasteiger partial charge in [0.2, 0.25) is 0 Å². The van der Waals surface area contributed by atoms with Gasteiger partial charge in [0.1, 0.15) is 5.75 Å². The van der Waals surface area contributed by atoms with Crippen molar-refractivity contribution in [3.8, 4) is 17.0 Å². The molecule has 1 aliphatic carbocycles. The van der Waals surface area contributed by atoms with Crippen LogP contribution in [0.2, 0.25) is 0 Å². The van der Waals surface area contributed by atoms with E-state index in [1.807, 2.05) is 13.0 Å². The van der Waals surface area contributed by atoms with Crippen LogP contribution in [0.25, 0.3) is 11.3 Å². The lowest BCUT2D eigenvalue weighted by molar-refractivity contribution is 0.0691. The first kappa shape index (κ1) is 22.2. The van der Waals surface area contributed by atoms with Gasteiger partial charge in [-0.25, -0.2) is 4.79 Å². The van der Waals surface area contributed by atoms with Crippen molar-refractivity contribution in [2.45, 2.75) is 38.1 Å².